The van der Waals surface area contributed by atoms with E-state index in [-0.39, 0.29) is 5.56 Å². The Morgan fingerprint density at radius 1 is 1.61 bits per heavy atom. The van der Waals surface area contributed by atoms with E-state index in [0.717, 1.165) is 31.6 Å². The number of nitrogens with zero attached hydrogens (tertiary/aromatic N) is 2. The summed E-state index contributed by atoms with van der Waals surface area (Å²) in [6.07, 6.45) is 3.64. The Balaban J connectivity index is 2.16. The number of piperidine rings is 1. The van der Waals surface area contributed by atoms with Gasteiger partial charge in [0, 0.05) is 24.5 Å². The number of anilines is 1. The molecule has 2 N–H and O–H groups in total. The lowest BCUT2D eigenvalue weighted by Crippen LogP contribution is -2.40. The molecule has 0 radical (unpaired) electrons. The van der Waals surface area contributed by atoms with Crippen molar-refractivity contribution < 1.29 is 9.90 Å². The van der Waals surface area contributed by atoms with Crippen LogP contribution in [0.4, 0.5) is 5.69 Å². The summed E-state index contributed by atoms with van der Waals surface area (Å²) in [6.45, 7) is 3.92. The third-order valence-electron chi connectivity index (χ3n) is 3.26. The van der Waals surface area contributed by atoms with Gasteiger partial charge in [0.25, 0.3) is 0 Å². The Hall–Kier alpha value is -1.62. The number of likely N-dealkylation sites (tertiary alicyclic amines) is 1. The third kappa shape index (κ3) is 2.98. The van der Waals surface area contributed by atoms with Crippen molar-refractivity contribution in [2.24, 2.45) is 0 Å². The lowest BCUT2D eigenvalue weighted by Gasteiger charge is -2.31. The summed E-state index contributed by atoms with van der Waals surface area (Å²) in [6, 6.07) is 2.11. The molecule has 0 bridgehead atoms. The van der Waals surface area contributed by atoms with E-state index in [1.807, 2.05) is 6.92 Å². The maximum atomic E-state index is 11.1. The zero-order valence-corrected chi connectivity index (χ0v) is 10.8. The first-order chi connectivity index (χ1) is 8.56. The highest BCUT2D eigenvalue weighted by molar-refractivity contribution is 5.93. The molecule has 1 aliphatic heterocycles. The van der Waals surface area contributed by atoms with Crippen LogP contribution in [0.15, 0.2) is 12.3 Å². The number of hydrogen-bond acceptors (Lipinski definition) is 4. The lowest BCUT2D eigenvalue weighted by molar-refractivity contribution is 0.0697. The number of carboxylic acids is 1. The zero-order chi connectivity index (χ0) is 13.1. The maximum absolute atomic E-state index is 11.1. The molecule has 1 fully saturated rings. The maximum Gasteiger partial charge on any atom is 0.339 e. The van der Waals surface area contributed by atoms with Gasteiger partial charge in [-0.3, -0.25) is 4.98 Å². The van der Waals surface area contributed by atoms with Crippen molar-refractivity contribution in [3.8, 4) is 0 Å². The highest BCUT2D eigenvalue weighted by atomic mass is 16.4. The molecule has 0 aromatic carbocycles. The van der Waals surface area contributed by atoms with Gasteiger partial charge in [0.15, 0.2) is 0 Å². The van der Waals surface area contributed by atoms with Crippen LogP contribution in [0.2, 0.25) is 0 Å². The zero-order valence-electron chi connectivity index (χ0n) is 10.8. The highest BCUT2D eigenvalue weighted by Gasteiger charge is 2.19. The summed E-state index contributed by atoms with van der Waals surface area (Å²) >= 11 is 0. The van der Waals surface area contributed by atoms with Gasteiger partial charge in [0.05, 0.1) is 5.69 Å². The SMILES string of the molecule is Cc1cc(NC2CCCN(C)C2)c(C(=O)O)cn1. The minimum absolute atomic E-state index is 0.244. The fourth-order valence-electron chi connectivity index (χ4n) is 2.35. The first-order valence-corrected chi connectivity index (χ1v) is 6.21. The van der Waals surface area contributed by atoms with Crippen LogP contribution >= 0.6 is 0 Å². The van der Waals surface area contributed by atoms with Crippen LogP contribution in [0.3, 0.4) is 0 Å². The van der Waals surface area contributed by atoms with Gasteiger partial charge in [-0.2, -0.15) is 0 Å². The van der Waals surface area contributed by atoms with E-state index in [2.05, 4.69) is 22.2 Å². The Morgan fingerprint density at radius 3 is 3.06 bits per heavy atom. The van der Waals surface area contributed by atoms with E-state index in [9.17, 15) is 4.79 Å². The predicted octanol–water partition coefficient (Wildman–Crippen LogP) is 1.59. The van der Waals surface area contributed by atoms with Gasteiger partial charge in [0.2, 0.25) is 0 Å². The van der Waals surface area contributed by atoms with E-state index in [0.29, 0.717) is 11.7 Å². The molecule has 98 valence electrons. The Labute approximate surface area is 107 Å². The van der Waals surface area contributed by atoms with Gasteiger partial charge < -0.3 is 15.3 Å². The Morgan fingerprint density at radius 2 is 2.39 bits per heavy atom. The minimum Gasteiger partial charge on any atom is -0.478 e. The molecule has 2 rings (SSSR count). The van der Waals surface area contributed by atoms with Crippen LogP contribution in [0.25, 0.3) is 0 Å². The van der Waals surface area contributed by atoms with Crippen molar-refractivity contribution >= 4 is 11.7 Å². The molecule has 5 heteroatoms. The van der Waals surface area contributed by atoms with Crippen LogP contribution in [0.1, 0.15) is 28.9 Å². The molecule has 0 amide bonds. The van der Waals surface area contributed by atoms with Crippen LogP contribution in [-0.2, 0) is 0 Å². The smallest absolute Gasteiger partial charge is 0.339 e. The molecule has 1 atom stereocenters. The largest absolute Gasteiger partial charge is 0.478 e. The van der Waals surface area contributed by atoms with Crippen LogP contribution in [-0.4, -0.2) is 47.1 Å². The fraction of sp³-hybridized carbons (Fsp3) is 0.538. The van der Waals surface area contributed by atoms with Crippen molar-refractivity contribution in [2.45, 2.75) is 25.8 Å². The average molecular weight is 249 g/mol. The molecule has 0 saturated carbocycles. The van der Waals surface area contributed by atoms with Gasteiger partial charge in [-0.15, -0.1) is 0 Å². The molecule has 0 aliphatic carbocycles. The molecule has 1 aromatic heterocycles. The number of aryl methyl sites for hydroxylation is 1. The monoisotopic (exact) mass is 249 g/mol. The van der Waals surface area contributed by atoms with Crippen molar-refractivity contribution in [2.75, 3.05) is 25.5 Å². The Kier molecular flexibility index (Phi) is 3.81. The summed E-state index contributed by atoms with van der Waals surface area (Å²) in [5.74, 6) is -0.936. The second kappa shape index (κ2) is 5.35. The predicted molar refractivity (Wildman–Crippen MR) is 70.1 cm³/mol. The molecule has 1 aliphatic rings. The quantitative estimate of drug-likeness (QED) is 0.851. The summed E-state index contributed by atoms with van der Waals surface area (Å²) in [5.41, 5.74) is 1.75. The second-order valence-corrected chi connectivity index (χ2v) is 4.92. The average Bonchev–Trinajstić information content (AvgIpc) is 2.28. The first-order valence-electron chi connectivity index (χ1n) is 6.21. The van der Waals surface area contributed by atoms with E-state index in [1.165, 1.54) is 6.20 Å². The summed E-state index contributed by atoms with van der Waals surface area (Å²) < 4.78 is 0. The van der Waals surface area contributed by atoms with Crippen molar-refractivity contribution in [3.05, 3.63) is 23.5 Å². The molecule has 1 aromatic rings. The number of rotatable bonds is 3. The van der Waals surface area contributed by atoms with Crippen molar-refractivity contribution in [1.82, 2.24) is 9.88 Å². The van der Waals surface area contributed by atoms with Crippen molar-refractivity contribution in [1.29, 1.82) is 0 Å². The topological polar surface area (TPSA) is 65.5 Å². The molecular formula is C13H19N3O2. The van der Waals surface area contributed by atoms with Crippen molar-refractivity contribution in [3.63, 3.8) is 0 Å². The van der Waals surface area contributed by atoms with Gasteiger partial charge in [-0.05, 0) is 39.4 Å². The standard InChI is InChI=1S/C13H19N3O2/c1-9-6-12(11(7-14-9)13(17)18)15-10-4-3-5-16(2)8-10/h6-7,10H,3-5,8H2,1-2H3,(H,14,15)(H,17,18). The van der Waals surface area contributed by atoms with Crippen LogP contribution in [0, 0.1) is 6.92 Å². The van der Waals surface area contributed by atoms with Gasteiger partial charge in [-0.1, -0.05) is 0 Å². The molecule has 5 nitrogen and oxygen atoms in total. The number of aromatic nitrogens is 1. The Bertz CT molecular complexity index is 448. The molecule has 18 heavy (non-hydrogen) atoms. The summed E-state index contributed by atoms with van der Waals surface area (Å²) in [7, 11) is 2.09. The molecule has 1 saturated heterocycles. The number of carboxylic acid groups (broad SMARTS) is 1. The van der Waals surface area contributed by atoms with Crippen LogP contribution in [0.5, 0.6) is 0 Å². The number of likely N-dealkylation sites (N-methyl/N-ethyl adjacent to an activating group) is 1. The number of hydrogen-bond donors (Lipinski definition) is 2. The fourth-order valence-corrected chi connectivity index (χ4v) is 2.35. The van der Waals surface area contributed by atoms with E-state index in [4.69, 9.17) is 5.11 Å². The molecule has 2 heterocycles. The first kappa shape index (κ1) is 12.8. The molecule has 0 spiro atoms. The van der Waals surface area contributed by atoms with E-state index >= 15 is 0 Å². The number of nitrogens with one attached hydrogen (secondary N) is 1. The lowest BCUT2D eigenvalue weighted by atomic mass is 10.1. The van der Waals surface area contributed by atoms with E-state index in [1.54, 1.807) is 6.07 Å². The summed E-state index contributed by atoms with van der Waals surface area (Å²) in [5, 5.41) is 12.5. The van der Waals surface area contributed by atoms with Gasteiger partial charge in [0.1, 0.15) is 5.56 Å². The minimum atomic E-state index is -0.936. The number of carbonyl (C=O) groups is 1. The molecule has 1 unspecified atom stereocenters. The second-order valence-electron chi connectivity index (χ2n) is 4.92. The number of pyridine rings is 1. The number of aromatic carboxylic acids is 1. The van der Waals surface area contributed by atoms with Gasteiger partial charge in [-0.25, -0.2) is 4.79 Å². The van der Waals surface area contributed by atoms with Gasteiger partial charge >= 0.3 is 5.97 Å². The molecular weight excluding hydrogens is 230 g/mol. The van der Waals surface area contributed by atoms with E-state index < -0.39 is 5.97 Å². The summed E-state index contributed by atoms with van der Waals surface area (Å²) in [4.78, 5) is 17.4. The highest BCUT2D eigenvalue weighted by Crippen LogP contribution is 2.20. The van der Waals surface area contributed by atoms with Crippen LogP contribution < -0.4 is 5.32 Å². The third-order valence-corrected chi connectivity index (χ3v) is 3.26. The normalized spacial score (nSPS) is 20.7.